The van der Waals surface area contributed by atoms with Crippen LogP contribution in [0.4, 0.5) is 0 Å². The summed E-state index contributed by atoms with van der Waals surface area (Å²) in [6, 6.07) is 0. The van der Waals surface area contributed by atoms with E-state index in [1.807, 2.05) is 18.7 Å². The van der Waals surface area contributed by atoms with Crippen molar-refractivity contribution >= 4 is 11.6 Å². The third-order valence-corrected chi connectivity index (χ3v) is 3.73. The molecule has 0 aromatic carbocycles. The molecule has 0 unspecified atom stereocenters. The van der Waals surface area contributed by atoms with Gasteiger partial charge in [0.25, 0.3) is 0 Å². The van der Waals surface area contributed by atoms with Crippen molar-refractivity contribution in [2.75, 3.05) is 12.4 Å². The second-order valence-electron chi connectivity index (χ2n) is 4.35. The molecule has 1 aromatic rings. The van der Waals surface area contributed by atoms with Gasteiger partial charge >= 0.3 is 0 Å². The highest BCUT2D eigenvalue weighted by Crippen LogP contribution is 2.32. The first-order chi connectivity index (χ1) is 7.35. The number of aryl methyl sites for hydroxylation is 1. The summed E-state index contributed by atoms with van der Waals surface area (Å²) in [7, 11) is 0. The largest absolute Gasteiger partial charge is 0.337 e. The van der Waals surface area contributed by atoms with Crippen LogP contribution in [0.5, 0.6) is 0 Å². The molecule has 1 saturated carbocycles. The van der Waals surface area contributed by atoms with Crippen molar-refractivity contribution in [3.63, 3.8) is 0 Å². The predicted octanol–water partition coefficient (Wildman–Crippen LogP) is 2.02. The van der Waals surface area contributed by atoms with Gasteiger partial charge in [-0.05, 0) is 32.2 Å². The number of hydrogen-bond donors (Lipinski definition) is 1. The SMILES string of the molecule is ClCC1(NCCCn2ccnc2)CCC1. The first-order valence-electron chi connectivity index (χ1n) is 5.61. The molecular formula is C11H18ClN3. The lowest BCUT2D eigenvalue weighted by Gasteiger charge is -2.41. The molecule has 1 N–H and O–H groups in total. The maximum atomic E-state index is 5.96. The highest BCUT2D eigenvalue weighted by molar-refractivity contribution is 6.18. The minimum atomic E-state index is 0.260. The molecule has 1 aliphatic carbocycles. The zero-order chi connectivity index (χ0) is 10.6. The second-order valence-corrected chi connectivity index (χ2v) is 4.62. The maximum Gasteiger partial charge on any atom is 0.0945 e. The standard InChI is InChI=1S/C11H18ClN3/c12-9-11(3-1-4-11)14-5-2-7-15-8-6-13-10-15/h6,8,10,14H,1-5,7,9H2. The van der Waals surface area contributed by atoms with Crippen LogP contribution in [0.3, 0.4) is 0 Å². The minimum Gasteiger partial charge on any atom is -0.337 e. The second kappa shape index (κ2) is 4.99. The summed E-state index contributed by atoms with van der Waals surface area (Å²) in [5.41, 5.74) is 0.260. The van der Waals surface area contributed by atoms with Crippen LogP contribution >= 0.6 is 11.6 Å². The molecule has 0 atom stereocenters. The van der Waals surface area contributed by atoms with Gasteiger partial charge in [0.15, 0.2) is 0 Å². The number of imidazole rings is 1. The first kappa shape index (κ1) is 11.0. The fourth-order valence-electron chi connectivity index (χ4n) is 2.00. The number of halogens is 1. The lowest BCUT2D eigenvalue weighted by molar-refractivity contribution is 0.212. The van der Waals surface area contributed by atoms with E-state index in [2.05, 4.69) is 14.9 Å². The summed E-state index contributed by atoms with van der Waals surface area (Å²) >= 11 is 5.96. The molecule has 15 heavy (non-hydrogen) atoms. The van der Waals surface area contributed by atoms with Gasteiger partial charge in [0.2, 0.25) is 0 Å². The van der Waals surface area contributed by atoms with E-state index in [1.165, 1.54) is 19.3 Å². The van der Waals surface area contributed by atoms with E-state index in [0.717, 1.165) is 25.4 Å². The highest BCUT2D eigenvalue weighted by Gasteiger charge is 2.34. The first-order valence-corrected chi connectivity index (χ1v) is 6.15. The molecule has 1 aromatic heterocycles. The molecule has 0 saturated heterocycles. The lowest BCUT2D eigenvalue weighted by Crippen LogP contribution is -2.52. The van der Waals surface area contributed by atoms with E-state index in [0.29, 0.717) is 0 Å². The Balaban J connectivity index is 1.62. The Hall–Kier alpha value is -0.540. The van der Waals surface area contributed by atoms with E-state index >= 15 is 0 Å². The summed E-state index contributed by atoms with van der Waals surface area (Å²) in [5.74, 6) is 0.748. The summed E-state index contributed by atoms with van der Waals surface area (Å²) in [4.78, 5) is 4.01. The van der Waals surface area contributed by atoms with Crippen LogP contribution in [-0.2, 0) is 6.54 Å². The van der Waals surface area contributed by atoms with Crippen molar-refractivity contribution < 1.29 is 0 Å². The molecule has 0 aliphatic heterocycles. The maximum absolute atomic E-state index is 5.96. The number of rotatable bonds is 6. The van der Waals surface area contributed by atoms with Crippen LogP contribution in [-0.4, -0.2) is 27.5 Å². The predicted molar refractivity (Wildman–Crippen MR) is 62.1 cm³/mol. The van der Waals surface area contributed by atoms with Crippen molar-refractivity contribution in [1.29, 1.82) is 0 Å². The van der Waals surface area contributed by atoms with Crippen molar-refractivity contribution in [3.8, 4) is 0 Å². The summed E-state index contributed by atoms with van der Waals surface area (Å²) in [6.45, 7) is 2.08. The molecule has 1 heterocycles. The zero-order valence-electron chi connectivity index (χ0n) is 8.95. The minimum absolute atomic E-state index is 0.260. The van der Waals surface area contributed by atoms with E-state index < -0.39 is 0 Å². The van der Waals surface area contributed by atoms with Crippen LogP contribution in [0.2, 0.25) is 0 Å². The van der Waals surface area contributed by atoms with Crippen LogP contribution in [0.1, 0.15) is 25.7 Å². The van der Waals surface area contributed by atoms with E-state index in [1.54, 1.807) is 0 Å². The Kier molecular flexibility index (Phi) is 3.65. The summed E-state index contributed by atoms with van der Waals surface area (Å²) in [5, 5.41) is 3.58. The van der Waals surface area contributed by atoms with Gasteiger partial charge in [-0.15, -0.1) is 11.6 Å². The van der Waals surface area contributed by atoms with E-state index in [-0.39, 0.29) is 5.54 Å². The Morgan fingerprint density at radius 1 is 1.47 bits per heavy atom. The molecule has 0 radical (unpaired) electrons. The molecule has 0 spiro atoms. The third kappa shape index (κ3) is 2.73. The number of nitrogens with zero attached hydrogens (tertiary/aromatic N) is 2. The molecule has 84 valence electrons. The number of nitrogens with one attached hydrogen (secondary N) is 1. The van der Waals surface area contributed by atoms with Gasteiger partial charge < -0.3 is 9.88 Å². The Bertz CT molecular complexity index is 275. The van der Waals surface area contributed by atoms with Crippen LogP contribution < -0.4 is 5.32 Å². The van der Waals surface area contributed by atoms with Gasteiger partial charge in [0.05, 0.1) is 6.33 Å². The Morgan fingerprint density at radius 2 is 2.33 bits per heavy atom. The molecule has 1 fully saturated rings. The molecule has 2 rings (SSSR count). The average Bonchev–Trinajstić information content (AvgIpc) is 2.68. The fourth-order valence-corrected chi connectivity index (χ4v) is 2.36. The normalized spacial score (nSPS) is 18.7. The van der Waals surface area contributed by atoms with E-state index in [9.17, 15) is 0 Å². The third-order valence-electron chi connectivity index (χ3n) is 3.22. The van der Waals surface area contributed by atoms with Gasteiger partial charge in [-0.25, -0.2) is 4.98 Å². The van der Waals surface area contributed by atoms with Crippen molar-refractivity contribution in [3.05, 3.63) is 18.7 Å². The van der Waals surface area contributed by atoms with Gasteiger partial charge in [0.1, 0.15) is 0 Å². The molecular weight excluding hydrogens is 210 g/mol. The van der Waals surface area contributed by atoms with Crippen LogP contribution in [0.15, 0.2) is 18.7 Å². The summed E-state index contributed by atoms with van der Waals surface area (Å²) in [6.07, 6.45) is 10.6. The molecule has 4 heteroatoms. The van der Waals surface area contributed by atoms with Crippen LogP contribution in [0.25, 0.3) is 0 Å². The van der Waals surface area contributed by atoms with E-state index in [4.69, 9.17) is 11.6 Å². The fraction of sp³-hybridized carbons (Fsp3) is 0.727. The molecule has 1 aliphatic rings. The monoisotopic (exact) mass is 227 g/mol. The number of alkyl halides is 1. The lowest BCUT2D eigenvalue weighted by atomic mass is 9.78. The molecule has 0 amide bonds. The zero-order valence-corrected chi connectivity index (χ0v) is 9.71. The van der Waals surface area contributed by atoms with Gasteiger partial charge in [-0.3, -0.25) is 0 Å². The van der Waals surface area contributed by atoms with Crippen molar-refractivity contribution in [2.45, 2.75) is 37.8 Å². The van der Waals surface area contributed by atoms with Crippen molar-refractivity contribution in [2.24, 2.45) is 0 Å². The summed E-state index contributed by atoms with van der Waals surface area (Å²) < 4.78 is 2.11. The number of hydrogen-bond acceptors (Lipinski definition) is 2. The van der Waals surface area contributed by atoms with Gasteiger partial charge in [-0.2, -0.15) is 0 Å². The smallest absolute Gasteiger partial charge is 0.0945 e. The van der Waals surface area contributed by atoms with Gasteiger partial charge in [-0.1, -0.05) is 0 Å². The topological polar surface area (TPSA) is 29.9 Å². The van der Waals surface area contributed by atoms with Crippen LogP contribution in [0, 0.1) is 0 Å². The highest BCUT2D eigenvalue weighted by atomic mass is 35.5. The average molecular weight is 228 g/mol. The van der Waals surface area contributed by atoms with Crippen molar-refractivity contribution in [1.82, 2.24) is 14.9 Å². The quantitative estimate of drug-likeness (QED) is 0.595. The molecule has 0 bridgehead atoms. The molecule has 3 nitrogen and oxygen atoms in total. The Labute approximate surface area is 95.8 Å². The Morgan fingerprint density at radius 3 is 2.87 bits per heavy atom. The number of aromatic nitrogens is 2. The van der Waals surface area contributed by atoms with Gasteiger partial charge in [0, 0.05) is 30.4 Å².